The Hall–Kier alpha value is -1.57. The predicted octanol–water partition coefficient (Wildman–Crippen LogP) is 3.42. The fourth-order valence-corrected chi connectivity index (χ4v) is 5.34. The van der Waals surface area contributed by atoms with E-state index in [-0.39, 0.29) is 14.8 Å². The molecule has 0 atom stereocenters. The lowest BCUT2D eigenvalue weighted by Crippen LogP contribution is -2.17. The van der Waals surface area contributed by atoms with Gasteiger partial charge in [0.1, 0.15) is 4.90 Å². The van der Waals surface area contributed by atoms with Crippen molar-refractivity contribution < 1.29 is 16.8 Å². The molecule has 1 N–H and O–H groups in total. The maximum atomic E-state index is 12.8. The van der Waals surface area contributed by atoms with Crippen molar-refractivity contribution in [1.82, 2.24) is 0 Å². The quantitative estimate of drug-likeness (QED) is 0.854. The second-order valence-electron chi connectivity index (χ2n) is 6.12. The summed E-state index contributed by atoms with van der Waals surface area (Å²) in [6, 6.07) is 9.21. The van der Waals surface area contributed by atoms with Crippen molar-refractivity contribution in [3.8, 4) is 0 Å². The minimum atomic E-state index is -4.01. The van der Waals surface area contributed by atoms with Gasteiger partial charge in [-0.2, -0.15) is 0 Å². The molecule has 2 aromatic rings. The minimum absolute atomic E-state index is 0.0234. The monoisotopic (exact) mass is 399 g/mol. The number of hydrogen-bond donors (Lipinski definition) is 1. The van der Waals surface area contributed by atoms with Gasteiger partial charge in [0, 0.05) is 6.26 Å². The SMILES string of the molecule is CS(=O)(=O)c1ccc(Cl)c(S(=O)(=O)Nc2cccc3c2CCCC3)c1. The molecule has 0 bridgehead atoms. The maximum Gasteiger partial charge on any atom is 0.263 e. The molecular formula is C17H18ClNO4S2. The standard InChI is InChI=1S/C17H18ClNO4S2/c1-24(20,21)13-9-10-15(18)17(11-13)25(22,23)19-16-8-4-6-12-5-2-3-7-14(12)16/h4,6,8-11,19H,2-3,5,7H2,1H3. The van der Waals surface area contributed by atoms with Crippen LogP contribution in [0.5, 0.6) is 0 Å². The topological polar surface area (TPSA) is 80.3 Å². The van der Waals surface area contributed by atoms with Crippen LogP contribution in [0.15, 0.2) is 46.2 Å². The molecular weight excluding hydrogens is 382 g/mol. The largest absolute Gasteiger partial charge is 0.279 e. The molecule has 0 heterocycles. The number of rotatable bonds is 4. The molecule has 0 spiro atoms. The molecule has 5 nitrogen and oxygen atoms in total. The molecule has 1 aliphatic carbocycles. The van der Waals surface area contributed by atoms with E-state index in [0.29, 0.717) is 5.69 Å². The summed E-state index contributed by atoms with van der Waals surface area (Å²) in [6.07, 6.45) is 4.86. The Bertz CT molecular complexity index is 1030. The van der Waals surface area contributed by atoms with E-state index in [9.17, 15) is 16.8 Å². The van der Waals surface area contributed by atoms with Gasteiger partial charge in [0.05, 0.1) is 15.6 Å². The van der Waals surface area contributed by atoms with E-state index in [1.165, 1.54) is 12.1 Å². The third-order valence-corrected chi connectivity index (χ3v) is 7.22. The maximum absolute atomic E-state index is 12.8. The molecule has 8 heteroatoms. The van der Waals surface area contributed by atoms with Gasteiger partial charge in [-0.15, -0.1) is 0 Å². The minimum Gasteiger partial charge on any atom is -0.279 e. The zero-order valence-electron chi connectivity index (χ0n) is 13.6. The summed E-state index contributed by atoms with van der Waals surface area (Å²) in [7, 11) is -7.55. The zero-order valence-corrected chi connectivity index (χ0v) is 16.0. The summed E-state index contributed by atoms with van der Waals surface area (Å²) in [4.78, 5) is -0.335. The van der Waals surface area contributed by atoms with E-state index in [2.05, 4.69) is 4.72 Å². The molecule has 2 aromatic carbocycles. The molecule has 134 valence electrons. The molecule has 0 radical (unpaired) electrons. The van der Waals surface area contributed by atoms with Gasteiger partial charge in [-0.25, -0.2) is 16.8 Å². The summed E-state index contributed by atoms with van der Waals surface area (Å²) >= 11 is 6.03. The second-order valence-corrected chi connectivity index (χ2v) is 10.2. The highest BCUT2D eigenvalue weighted by Crippen LogP contribution is 2.31. The van der Waals surface area contributed by atoms with Crippen molar-refractivity contribution in [2.45, 2.75) is 35.5 Å². The number of fused-ring (bicyclic) bond motifs is 1. The first-order valence-corrected chi connectivity index (χ1v) is 11.6. The van der Waals surface area contributed by atoms with E-state index in [1.54, 1.807) is 6.07 Å². The molecule has 0 saturated heterocycles. The van der Waals surface area contributed by atoms with Crippen LogP contribution in [0.2, 0.25) is 5.02 Å². The number of anilines is 1. The van der Waals surface area contributed by atoms with Gasteiger partial charge in [-0.05, 0) is 61.1 Å². The van der Waals surface area contributed by atoms with E-state index in [0.717, 1.165) is 49.1 Å². The Labute approximate surface area is 153 Å². The molecule has 0 aliphatic heterocycles. The predicted molar refractivity (Wildman–Crippen MR) is 98.5 cm³/mol. The number of hydrogen-bond acceptors (Lipinski definition) is 4. The Morgan fingerprint density at radius 2 is 1.72 bits per heavy atom. The number of benzene rings is 2. The number of sulfone groups is 1. The molecule has 0 unspecified atom stereocenters. The molecule has 25 heavy (non-hydrogen) atoms. The summed E-state index contributed by atoms with van der Waals surface area (Å²) < 4.78 is 51.6. The Morgan fingerprint density at radius 3 is 2.44 bits per heavy atom. The van der Waals surface area contributed by atoms with Gasteiger partial charge in [0.25, 0.3) is 10.0 Å². The van der Waals surface area contributed by atoms with Gasteiger partial charge < -0.3 is 0 Å². The Kier molecular flexibility index (Phi) is 4.83. The first-order chi connectivity index (χ1) is 11.7. The summed E-state index contributed by atoms with van der Waals surface area (Å²) in [5.74, 6) is 0. The zero-order chi connectivity index (χ0) is 18.2. The number of sulfonamides is 1. The van der Waals surface area contributed by atoms with Crippen LogP contribution in [0.3, 0.4) is 0 Å². The highest BCUT2D eigenvalue weighted by molar-refractivity contribution is 7.93. The molecule has 0 amide bonds. The van der Waals surface area contributed by atoms with E-state index < -0.39 is 19.9 Å². The van der Waals surface area contributed by atoms with Crippen LogP contribution >= 0.6 is 11.6 Å². The van der Waals surface area contributed by atoms with E-state index >= 15 is 0 Å². The molecule has 0 saturated carbocycles. The van der Waals surface area contributed by atoms with Gasteiger partial charge in [0.15, 0.2) is 9.84 Å². The normalized spacial score (nSPS) is 14.8. The molecule has 3 rings (SSSR count). The third-order valence-electron chi connectivity index (χ3n) is 4.26. The molecule has 0 aromatic heterocycles. The van der Waals surface area contributed by atoms with Crippen molar-refractivity contribution in [3.63, 3.8) is 0 Å². The Balaban J connectivity index is 2.04. The number of nitrogens with one attached hydrogen (secondary N) is 1. The van der Waals surface area contributed by atoms with Gasteiger partial charge in [0.2, 0.25) is 0 Å². The van der Waals surface area contributed by atoms with Gasteiger partial charge in [-0.1, -0.05) is 23.7 Å². The third kappa shape index (κ3) is 3.83. The summed E-state index contributed by atoms with van der Waals surface area (Å²) in [5.41, 5.74) is 2.66. The van der Waals surface area contributed by atoms with E-state index in [1.807, 2.05) is 12.1 Å². The highest BCUT2D eigenvalue weighted by atomic mass is 35.5. The van der Waals surface area contributed by atoms with E-state index in [4.69, 9.17) is 11.6 Å². The fraction of sp³-hybridized carbons (Fsp3) is 0.294. The van der Waals surface area contributed by atoms with Crippen LogP contribution < -0.4 is 4.72 Å². The Morgan fingerprint density at radius 1 is 1.00 bits per heavy atom. The van der Waals surface area contributed by atoms with Crippen LogP contribution in [0.1, 0.15) is 24.0 Å². The number of halogens is 1. The van der Waals surface area contributed by atoms with Crippen LogP contribution in [0.4, 0.5) is 5.69 Å². The van der Waals surface area contributed by atoms with Crippen LogP contribution in [0.25, 0.3) is 0 Å². The van der Waals surface area contributed by atoms with Crippen molar-refractivity contribution in [3.05, 3.63) is 52.5 Å². The van der Waals surface area contributed by atoms with Crippen molar-refractivity contribution in [1.29, 1.82) is 0 Å². The summed E-state index contributed by atoms with van der Waals surface area (Å²) in [5, 5.41) is -0.0234. The fourth-order valence-electron chi connectivity index (χ4n) is 3.00. The summed E-state index contributed by atoms with van der Waals surface area (Å²) in [6.45, 7) is 0. The average molecular weight is 400 g/mol. The van der Waals surface area contributed by atoms with Crippen LogP contribution in [0, 0.1) is 0 Å². The lowest BCUT2D eigenvalue weighted by Gasteiger charge is -2.20. The van der Waals surface area contributed by atoms with Crippen LogP contribution in [-0.2, 0) is 32.7 Å². The highest BCUT2D eigenvalue weighted by Gasteiger charge is 2.23. The average Bonchev–Trinajstić information content (AvgIpc) is 2.54. The van der Waals surface area contributed by atoms with Crippen molar-refractivity contribution in [2.75, 3.05) is 11.0 Å². The lowest BCUT2D eigenvalue weighted by molar-refractivity contribution is 0.599. The van der Waals surface area contributed by atoms with Crippen molar-refractivity contribution in [2.24, 2.45) is 0 Å². The lowest BCUT2D eigenvalue weighted by atomic mass is 9.91. The van der Waals surface area contributed by atoms with Gasteiger partial charge in [-0.3, -0.25) is 4.72 Å². The molecule has 1 aliphatic rings. The molecule has 0 fully saturated rings. The van der Waals surface area contributed by atoms with Crippen molar-refractivity contribution >= 4 is 37.1 Å². The number of aryl methyl sites for hydroxylation is 1. The smallest absolute Gasteiger partial charge is 0.263 e. The second kappa shape index (κ2) is 6.63. The first kappa shape index (κ1) is 18.2. The van der Waals surface area contributed by atoms with Crippen LogP contribution in [-0.4, -0.2) is 23.1 Å². The first-order valence-electron chi connectivity index (χ1n) is 7.82. The van der Waals surface area contributed by atoms with Gasteiger partial charge >= 0.3 is 0 Å².